The number of carbonyl (C=O) groups is 1. The average Bonchev–Trinajstić information content (AvgIpc) is 3.35. The molecule has 1 aliphatic heterocycles. The lowest BCUT2D eigenvalue weighted by molar-refractivity contribution is 0.0727. The number of carbonyl (C=O) groups excluding carboxylic acids is 1. The van der Waals surface area contributed by atoms with Crippen molar-refractivity contribution in [2.75, 3.05) is 20.8 Å². The van der Waals surface area contributed by atoms with Crippen LogP contribution in [0.3, 0.4) is 0 Å². The van der Waals surface area contributed by atoms with Crippen molar-refractivity contribution in [1.29, 1.82) is 0 Å². The third kappa shape index (κ3) is 3.19. The van der Waals surface area contributed by atoms with E-state index >= 15 is 0 Å². The van der Waals surface area contributed by atoms with Crippen LogP contribution in [0.1, 0.15) is 26.5 Å². The van der Waals surface area contributed by atoms with Gasteiger partial charge in [-0.15, -0.1) is 11.3 Å². The van der Waals surface area contributed by atoms with Crippen LogP contribution in [0.5, 0.6) is 11.5 Å². The Bertz CT molecular complexity index is 961. The molecule has 140 valence electrons. The van der Waals surface area contributed by atoms with Gasteiger partial charge in [-0.25, -0.2) is 4.98 Å². The second-order valence-electron chi connectivity index (χ2n) is 6.35. The van der Waals surface area contributed by atoms with Crippen molar-refractivity contribution in [3.8, 4) is 22.3 Å². The fraction of sp³-hybridized carbons (Fsp3) is 0.300. The van der Waals surface area contributed by atoms with Gasteiger partial charge in [0.1, 0.15) is 17.2 Å². The molecule has 0 saturated carbocycles. The molecular formula is C20H20N2O4S. The number of nitrogens with zero attached hydrogens (tertiary/aromatic N) is 2. The number of methoxy groups -OCH3 is 2. The summed E-state index contributed by atoms with van der Waals surface area (Å²) in [6, 6.07) is 7.54. The third-order valence-corrected chi connectivity index (χ3v) is 5.73. The lowest BCUT2D eigenvalue weighted by Crippen LogP contribution is -2.36. The van der Waals surface area contributed by atoms with Crippen molar-refractivity contribution in [1.82, 2.24) is 9.88 Å². The first-order valence-electron chi connectivity index (χ1n) is 8.65. The number of aryl methyl sites for hydroxylation is 1. The molecule has 0 bridgehead atoms. The van der Waals surface area contributed by atoms with E-state index in [1.807, 2.05) is 36.1 Å². The summed E-state index contributed by atoms with van der Waals surface area (Å²) in [7, 11) is 3.28. The fourth-order valence-corrected chi connectivity index (χ4v) is 4.20. The fourth-order valence-electron chi connectivity index (χ4n) is 3.33. The van der Waals surface area contributed by atoms with E-state index in [0.717, 1.165) is 38.9 Å². The molecule has 7 heteroatoms. The first-order chi connectivity index (χ1) is 13.1. The van der Waals surface area contributed by atoms with Gasteiger partial charge in [0.25, 0.3) is 5.91 Å². The molecule has 0 atom stereocenters. The maximum atomic E-state index is 13.1. The molecule has 6 nitrogen and oxygen atoms in total. The quantitative estimate of drug-likeness (QED) is 0.682. The first-order valence-corrected chi connectivity index (χ1v) is 9.46. The Labute approximate surface area is 161 Å². The van der Waals surface area contributed by atoms with Gasteiger partial charge in [-0.05, 0) is 37.1 Å². The van der Waals surface area contributed by atoms with Gasteiger partial charge in [-0.3, -0.25) is 4.79 Å². The van der Waals surface area contributed by atoms with E-state index in [-0.39, 0.29) is 5.91 Å². The number of fused-ring (bicyclic) bond motifs is 1. The van der Waals surface area contributed by atoms with Crippen molar-refractivity contribution in [3.05, 3.63) is 52.2 Å². The zero-order valence-electron chi connectivity index (χ0n) is 15.4. The molecule has 3 aromatic rings. The van der Waals surface area contributed by atoms with Crippen LogP contribution in [0.4, 0.5) is 0 Å². The molecular weight excluding hydrogens is 364 g/mol. The van der Waals surface area contributed by atoms with Crippen molar-refractivity contribution in [3.63, 3.8) is 0 Å². The minimum absolute atomic E-state index is 0.0647. The van der Waals surface area contributed by atoms with Gasteiger partial charge in [-0.1, -0.05) is 0 Å². The van der Waals surface area contributed by atoms with Crippen molar-refractivity contribution < 1.29 is 18.7 Å². The van der Waals surface area contributed by atoms with Crippen molar-refractivity contribution >= 4 is 17.2 Å². The smallest absolute Gasteiger partial charge is 0.273 e. The molecule has 3 heterocycles. The maximum Gasteiger partial charge on any atom is 0.273 e. The van der Waals surface area contributed by atoms with Crippen molar-refractivity contribution in [2.24, 2.45) is 0 Å². The summed E-state index contributed by atoms with van der Waals surface area (Å²) in [5.41, 5.74) is 2.67. The Kier molecular flexibility index (Phi) is 4.61. The van der Waals surface area contributed by atoms with Gasteiger partial charge in [0.15, 0.2) is 10.8 Å². The molecule has 0 aliphatic carbocycles. The highest BCUT2D eigenvalue weighted by Gasteiger charge is 2.28. The van der Waals surface area contributed by atoms with Gasteiger partial charge in [0.05, 0.1) is 20.5 Å². The number of hydrogen-bond donors (Lipinski definition) is 0. The maximum absolute atomic E-state index is 13.1. The van der Waals surface area contributed by atoms with Gasteiger partial charge in [0, 0.05) is 29.6 Å². The highest BCUT2D eigenvalue weighted by Crippen LogP contribution is 2.34. The number of hydrogen-bond acceptors (Lipinski definition) is 6. The Morgan fingerprint density at radius 3 is 2.85 bits per heavy atom. The third-order valence-electron chi connectivity index (χ3n) is 4.75. The zero-order chi connectivity index (χ0) is 19.0. The standard InChI is InChI=1S/C20H20N2O4S/c1-12-18(21-19(27-12)16-5-4-8-26-16)20(23)22-7-6-13-9-14(24-2)10-17(25-3)15(13)11-22/h4-5,8-10H,6-7,11H2,1-3H3. The normalized spacial score (nSPS) is 13.4. The van der Waals surface area contributed by atoms with Crippen LogP contribution in [0, 0.1) is 6.92 Å². The minimum atomic E-state index is -0.0647. The van der Waals surface area contributed by atoms with Gasteiger partial charge in [-0.2, -0.15) is 0 Å². The summed E-state index contributed by atoms with van der Waals surface area (Å²) in [5.74, 6) is 2.13. The molecule has 1 amide bonds. The van der Waals surface area contributed by atoms with Crippen LogP contribution >= 0.6 is 11.3 Å². The molecule has 2 aromatic heterocycles. The van der Waals surface area contributed by atoms with Crippen LogP contribution in [0.15, 0.2) is 34.9 Å². The Morgan fingerprint density at radius 1 is 1.30 bits per heavy atom. The molecule has 1 aromatic carbocycles. The Hall–Kier alpha value is -2.80. The number of ether oxygens (including phenoxy) is 2. The van der Waals surface area contributed by atoms with Gasteiger partial charge < -0.3 is 18.8 Å². The van der Waals surface area contributed by atoms with Crippen LogP contribution < -0.4 is 9.47 Å². The van der Waals surface area contributed by atoms with E-state index in [0.29, 0.717) is 24.5 Å². The molecule has 27 heavy (non-hydrogen) atoms. The summed E-state index contributed by atoms with van der Waals surface area (Å²) in [5, 5.41) is 0.723. The molecule has 0 N–H and O–H groups in total. The summed E-state index contributed by atoms with van der Waals surface area (Å²) in [6.07, 6.45) is 2.36. The number of furan rings is 1. The SMILES string of the molecule is COc1cc2c(c(OC)c1)CN(C(=O)c1nc(-c3ccco3)sc1C)CC2. The zero-order valence-corrected chi connectivity index (χ0v) is 16.3. The largest absolute Gasteiger partial charge is 0.497 e. The van der Waals surface area contributed by atoms with Crippen LogP contribution in [0.25, 0.3) is 10.8 Å². The van der Waals surface area contributed by atoms with Crippen molar-refractivity contribution in [2.45, 2.75) is 19.9 Å². The van der Waals surface area contributed by atoms with E-state index in [9.17, 15) is 4.79 Å². The monoisotopic (exact) mass is 384 g/mol. The second-order valence-corrected chi connectivity index (χ2v) is 7.55. The Morgan fingerprint density at radius 2 is 2.15 bits per heavy atom. The van der Waals surface area contributed by atoms with E-state index in [1.54, 1.807) is 20.5 Å². The molecule has 0 saturated heterocycles. The van der Waals surface area contributed by atoms with Crippen LogP contribution in [-0.4, -0.2) is 36.6 Å². The summed E-state index contributed by atoms with van der Waals surface area (Å²) in [4.78, 5) is 20.4. The molecule has 0 fully saturated rings. The second kappa shape index (κ2) is 7.08. The lowest BCUT2D eigenvalue weighted by Gasteiger charge is -2.30. The Balaban J connectivity index is 1.62. The number of aromatic nitrogens is 1. The minimum Gasteiger partial charge on any atom is -0.497 e. The molecule has 0 radical (unpaired) electrons. The molecule has 0 unspecified atom stereocenters. The summed E-state index contributed by atoms with van der Waals surface area (Å²) < 4.78 is 16.3. The van der Waals surface area contributed by atoms with E-state index < -0.39 is 0 Å². The van der Waals surface area contributed by atoms with Crippen LogP contribution in [0.2, 0.25) is 0 Å². The van der Waals surface area contributed by atoms with E-state index in [1.165, 1.54) is 11.3 Å². The summed E-state index contributed by atoms with van der Waals surface area (Å²) in [6.45, 7) is 3.05. The number of rotatable bonds is 4. The summed E-state index contributed by atoms with van der Waals surface area (Å²) >= 11 is 1.47. The average molecular weight is 384 g/mol. The molecule has 1 aliphatic rings. The van der Waals surface area contributed by atoms with Crippen LogP contribution in [-0.2, 0) is 13.0 Å². The highest BCUT2D eigenvalue weighted by atomic mass is 32.1. The first kappa shape index (κ1) is 17.6. The van der Waals surface area contributed by atoms with E-state index in [2.05, 4.69) is 4.98 Å². The number of thiazole rings is 1. The predicted molar refractivity (Wildman–Crippen MR) is 103 cm³/mol. The van der Waals surface area contributed by atoms with Gasteiger partial charge in [0.2, 0.25) is 0 Å². The van der Waals surface area contributed by atoms with Gasteiger partial charge >= 0.3 is 0 Å². The molecule has 0 spiro atoms. The lowest BCUT2D eigenvalue weighted by atomic mass is 9.98. The topological polar surface area (TPSA) is 64.8 Å². The predicted octanol–water partition coefficient (Wildman–Crippen LogP) is 3.93. The molecule has 4 rings (SSSR count). The highest BCUT2D eigenvalue weighted by molar-refractivity contribution is 7.15. The number of benzene rings is 1. The van der Waals surface area contributed by atoms with E-state index in [4.69, 9.17) is 13.9 Å². The number of amides is 1.